The molecule has 0 aliphatic carbocycles. The fraction of sp³-hybridized carbons (Fsp3) is 0.429. The van der Waals surface area contributed by atoms with Gasteiger partial charge in [0.15, 0.2) is 5.78 Å². The van der Waals surface area contributed by atoms with Gasteiger partial charge in [-0.15, -0.1) is 0 Å². The highest BCUT2D eigenvalue weighted by atomic mass is 16.5. The first kappa shape index (κ1) is 13.4. The maximum atomic E-state index is 11.8. The summed E-state index contributed by atoms with van der Waals surface area (Å²) in [5, 5.41) is 0. The van der Waals surface area contributed by atoms with Gasteiger partial charge in [-0.3, -0.25) is 9.59 Å². The van der Waals surface area contributed by atoms with E-state index in [0.717, 1.165) is 0 Å². The minimum Gasteiger partial charge on any atom is -0.494 e. The van der Waals surface area contributed by atoms with E-state index in [9.17, 15) is 9.59 Å². The molecule has 92 valence electrons. The molecule has 0 radical (unpaired) electrons. The number of Topliss-reactive ketones (excluding diaryl/α,β-unsaturated/α-hetero) is 2. The van der Waals surface area contributed by atoms with Crippen LogP contribution in [0.4, 0.5) is 0 Å². The summed E-state index contributed by atoms with van der Waals surface area (Å²) in [5.74, 6) is 0.381. The van der Waals surface area contributed by atoms with Gasteiger partial charge in [-0.2, -0.15) is 0 Å². The summed E-state index contributed by atoms with van der Waals surface area (Å²) in [4.78, 5) is 23.3. The number of carbonyl (C=O) groups is 2. The highest BCUT2D eigenvalue weighted by Gasteiger charge is 2.14. The molecule has 0 amide bonds. The lowest BCUT2D eigenvalue weighted by Gasteiger charge is -2.06. The Morgan fingerprint density at radius 2 is 2.00 bits per heavy atom. The predicted molar refractivity (Wildman–Crippen MR) is 66.4 cm³/mol. The lowest BCUT2D eigenvalue weighted by atomic mass is 10.00. The quantitative estimate of drug-likeness (QED) is 0.561. The molecule has 0 atom stereocenters. The zero-order chi connectivity index (χ0) is 12.8. The van der Waals surface area contributed by atoms with Crippen LogP contribution in [0.3, 0.4) is 0 Å². The van der Waals surface area contributed by atoms with Gasteiger partial charge in [0.25, 0.3) is 0 Å². The molecule has 3 heteroatoms. The molecule has 0 saturated heterocycles. The molecular formula is C14H18O3. The van der Waals surface area contributed by atoms with Gasteiger partial charge in [-0.05, 0) is 19.1 Å². The van der Waals surface area contributed by atoms with Crippen LogP contribution in [0.15, 0.2) is 24.3 Å². The van der Waals surface area contributed by atoms with Gasteiger partial charge >= 0.3 is 0 Å². The van der Waals surface area contributed by atoms with Crippen molar-refractivity contribution in [1.29, 1.82) is 0 Å². The molecule has 0 unspecified atom stereocenters. The van der Waals surface area contributed by atoms with Crippen LogP contribution in [0.5, 0.6) is 5.75 Å². The van der Waals surface area contributed by atoms with Crippen molar-refractivity contribution in [3.05, 3.63) is 29.8 Å². The van der Waals surface area contributed by atoms with E-state index in [2.05, 4.69) is 0 Å². The molecule has 0 aliphatic rings. The van der Waals surface area contributed by atoms with Gasteiger partial charge in [0.2, 0.25) is 0 Å². The van der Waals surface area contributed by atoms with E-state index in [0.29, 0.717) is 17.9 Å². The highest BCUT2D eigenvalue weighted by Crippen LogP contribution is 2.15. The predicted octanol–water partition coefficient (Wildman–Crippen LogP) is 2.88. The van der Waals surface area contributed by atoms with E-state index in [1.165, 1.54) is 0 Å². The molecular weight excluding hydrogens is 216 g/mol. The summed E-state index contributed by atoms with van der Waals surface area (Å²) in [6.07, 6.45) is -0.0345. The maximum Gasteiger partial charge on any atom is 0.170 e. The van der Waals surface area contributed by atoms with Gasteiger partial charge in [0.05, 0.1) is 13.0 Å². The van der Waals surface area contributed by atoms with E-state index >= 15 is 0 Å². The Labute approximate surface area is 102 Å². The maximum absolute atomic E-state index is 11.8. The van der Waals surface area contributed by atoms with Crippen molar-refractivity contribution in [2.75, 3.05) is 6.61 Å². The van der Waals surface area contributed by atoms with Crippen molar-refractivity contribution in [1.82, 2.24) is 0 Å². The number of rotatable bonds is 6. The number of hydrogen-bond donors (Lipinski definition) is 0. The summed E-state index contributed by atoms with van der Waals surface area (Å²) in [7, 11) is 0. The molecule has 0 heterocycles. The first-order chi connectivity index (χ1) is 8.04. The number of ketones is 2. The van der Waals surface area contributed by atoms with Crippen LogP contribution in [0.2, 0.25) is 0 Å². The zero-order valence-electron chi connectivity index (χ0n) is 10.5. The fourth-order valence-electron chi connectivity index (χ4n) is 1.39. The third-order valence-corrected chi connectivity index (χ3v) is 2.45. The van der Waals surface area contributed by atoms with Crippen molar-refractivity contribution >= 4 is 11.6 Å². The van der Waals surface area contributed by atoms with Crippen molar-refractivity contribution < 1.29 is 14.3 Å². The molecule has 0 spiro atoms. The summed E-state index contributed by atoms with van der Waals surface area (Å²) in [6, 6.07) is 6.94. The second-order valence-corrected chi connectivity index (χ2v) is 4.18. The minimum atomic E-state index is -0.148. The lowest BCUT2D eigenvalue weighted by molar-refractivity contribution is -0.121. The van der Waals surface area contributed by atoms with Crippen molar-refractivity contribution in [3.8, 4) is 5.75 Å². The van der Waals surface area contributed by atoms with Crippen LogP contribution in [-0.4, -0.2) is 18.2 Å². The minimum absolute atomic E-state index is 0.0307. The van der Waals surface area contributed by atoms with Crippen molar-refractivity contribution in [2.45, 2.75) is 27.2 Å². The normalized spacial score (nSPS) is 10.4. The van der Waals surface area contributed by atoms with E-state index in [-0.39, 0.29) is 23.9 Å². The number of benzene rings is 1. The Hall–Kier alpha value is -1.64. The summed E-state index contributed by atoms with van der Waals surface area (Å²) in [5.41, 5.74) is 0.532. The molecule has 17 heavy (non-hydrogen) atoms. The number of hydrogen-bond acceptors (Lipinski definition) is 3. The van der Waals surface area contributed by atoms with Crippen LogP contribution >= 0.6 is 0 Å². The molecule has 1 rings (SSSR count). The molecule has 0 fully saturated rings. The fourth-order valence-corrected chi connectivity index (χ4v) is 1.39. The van der Waals surface area contributed by atoms with Gasteiger partial charge in [0, 0.05) is 11.5 Å². The molecule has 0 N–H and O–H groups in total. The Balaban J connectivity index is 2.75. The Morgan fingerprint density at radius 1 is 1.29 bits per heavy atom. The molecule has 0 aromatic heterocycles. The van der Waals surface area contributed by atoms with Crippen LogP contribution in [-0.2, 0) is 4.79 Å². The zero-order valence-corrected chi connectivity index (χ0v) is 10.5. The molecule has 1 aromatic carbocycles. The van der Waals surface area contributed by atoms with E-state index in [4.69, 9.17) is 4.74 Å². The monoisotopic (exact) mass is 234 g/mol. The SMILES string of the molecule is CCOc1cccc(C(=O)CC(=O)C(C)C)c1. The Kier molecular flexibility index (Phi) is 4.88. The molecule has 0 bridgehead atoms. The lowest BCUT2D eigenvalue weighted by Crippen LogP contribution is -2.13. The first-order valence-electron chi connectivity index (χ1n) is 5.83. The van der Waals surface area contributed by atoms with Gasteiger partial charge in [-0.1, -0.05) is 26.0 Å². The third kappa shape index (κ3) is 4.02. The number of carbonyl (C=O) groups excluding carboxylic acids is 2. The van der Waals surface area contributed by atoms with Gasteiger partial charge < -0.3 is 4.74 Å². The van der Waals surface area contributed by atoms with Crippen molar-refractivity contribution in [3.63, 3.8) is 0 Å². The van der Waals surface area contributed by atoms with Gasteiger partial charge in [0.1, 0.15) is 11.5 Å². The topological polar surface area (TPSA) is 43.4 Å². The number of ether oxygens (including phenoxy) is 1. The van der Waals surface area contributed by atoms with Crippen LogP contribution in [0, 0.1) is 5.92 Å². The third-order valence-electron chi connectivity index (χ3n) is 2.45. The average Bonchev–Trinajstić information content (AvgIpc) is 2.29. The van der Waals surface area contributed by atoms with Crippen LogP contribution < -0.4 is 4.74 Å². The highest BCUT2D eigenvalue weighted by molar-refractivity contribution is 6.08. The second-order valence-electron chi connectivity index (χ2n) is 4.18. The van der Waals surface area contributed by atoms with Gasteiger partial charge in [-0.25, -0.2) is 0 Å². The Morgan fingerprint density at radius 3 is 2.59 bits per heavy atom. The standard InChI is InChI=1S/C14H18O3/c1-4-17-12-7-5-6-11(8-12)14(16)9-13(15)10(2)3/h5-8,10H,4,9H2,1-3H3. The van der Waals surface area contributed by atoms with E-state index in [1.54, 1.807) is 38.1 Å². The second kappa shape index (κ2) is 6.18. The molecule has 0 saturated carbocycles. The molecule has 1 aromatic rings. The van der Waals surface area contributed by atoms with E-state index < -0.39 is 0 Å². The van der Waals surface area contributed by atoms with Crippen LogP contribution in [0.1, 0.15) is 37.6 Å². The summed E-state index contributed by atoms with van der Waals surface area (Å²) in [6.45, 7) is 6.04. The molecule has 0 aliphatic heterocycles. The van der Waals surface area contributed by atoms with E-state index in [1.807, 2.05) is 6.92 Å². The first-order valence-corrected chi connectivity index (χ1v) is 5.83. The van der Waals surface area contributed by atoms with Crippen molar-refractivity contribution in [2.24, 2.45) is 5.92 Å². The summed E-state index contributed by atoms with van der Waals surface area (Å²) < 4.78 is 5.31. The molecule has 3 nitrogen and oxygen atoms in total. The average molecular weight is 234 g/mol. The summed E-state index contributed by atoms with van der Waals surface area (Å²) >= 11 is 0. The largest absolute Gasteiger partial charge is 0.494 e. The smallest absolute Gasteiger partial charge is 0.170 e. The Bertz CT molecular complexity index is 408. The van der Waals surface area contributed by atoms with Crippen LogP contribution in [0.25, 0.3) is 0 Å².